The lowest BCUT2D eigenvalue weighted by Gasteiger charge is -2.07. The molecule has 0 saturated heterocycles. The fraction of sp³-hybridized carbons (Fsp3) is 0.769. The number of rotatable bonds is 37. The third-order valence-corrected chi connectivity index (χ3v) is 10.6. The van der Waals surface area contributed by atoms with Crippen LogP contribution in [0.1, 0.15) is 160 Å². The minimum Gasteiger partial charge on any atom is -0.494 e. The summed E-state index contributed by atoms with van der Waals surface area (Å²) >= 11 is 0. The Bertz CT molecular complexity index is 1010. The fourth-order valence-electron chi connectivity index (χ4n) is 5.60. The summed E-state index contributed by atoms with van der Waals surface area (Å²) in [5.41, 5.74) is 0.852. The molecule has 0 radical (unpaired) electrons. The molecule has 1 aromatic carbocycles. The summed E-state index contributed by atoms with van der Waals surface area (Å²) < 4.78 is 47.4. The monoisotopic (exact) mass is 728 g/mol. The zero-order chi connectivity index (χ0) is 35.5. The predicted octanol–water partition coefficient (Wildman–Crippen LogP) is 11.1. The van der Waals surface area contributed by atoms with Gasteiger partial charge >= 0.3 is 15.1 Å². The van der Waals surface area contributed by atoms with Crippen LogP contribution in [0.5, 0.6) is 5.75 Å². The van der Waals surface area contributed by atoms with E-state index in [0.717, 1.165) is 82.5 Å². The lowest BCUT2D eigenvalue weighted by Crippen LogP contribution is -1.98. The minimum atomic E-state index is -3.87. The van der Waals surface area contributed by atoms with Crippen molar-refractivity contribution >= 4 is 32.0 Å². The van der Waals surface area contributed by atoms with Crippen LogP contribution in [0.2, 0.25) is 0 Å². The van der Waals surface area contributed by atoms with Gasteiger partial charge in [0.2, 0.25) is 0 Å². The van der Waals surface area contributed by atoms with E-state index < -0.39 is 15.1 Å². The first-order valence-electron chi connectivity index (χ1n) is 19.3. The van der Waals surface area contributed by atoms with E-state index in [-0.39, 0.29) is 0 Å². The van der Waals surface area contributed by atoms with Crippen LogP contribution < -0.4 is 4.74 Å². The highest BCUT2D eigenvalue weighted by atomic mass is 33.1. The van der Waals surface area contributed by atoms with Crippen LogP contribution in [-0.4, -0.2) is 62.8 Å². The van der Waals surface area contributed by atoms with E-state index in [1.165, 1.54) is 122 Å². The number of carbonyl (C=O) groups is 1. The molecule has 0 saturated carbocycles. The highest BCUT2D eigenvalue weighted by Crippen LogP contribution is 2.16. The molecule has 10 heteroatoms. The maximum absolute atomic E-state index is 10.6. The molecule has 0 atom stereocenters. The van der Waals surface area contributed by atoms with Gasteiger partial charge in [-0.2, -0.15) is 8.42 Å². The molecule has 8 nitrogen and oxygen atoms in total. The summed E-state index contributed by atoms with van der Waals surface area (Å²) in [4.78, 5) is 10.6. The van der Waals surface area contributed by atoms with Crippen molar-refractivity contribution in [3.8, 4) is 5.75 Å². The van der Waals surface area contributed by atoms with Crippen molar-refractivity contribution in [2.75, 3.05) is 38.8 Å². The van der Waals surface area contributed by atoms with Crippen LogP contribution in [-0.2, 0) is 23.4 Å². The van der Waals surface area contributed by atoms with Crippen LogP contribution in [0.3, 0.4) is 0 Å². The normalized spacial score (nSPS) is 11.9. The topological polar surface area (TPSA) is 119 Å². The fourth-order valence-corrected chi connectivity index (χ4v) is 7.12. The summed E-state index contributed by atoms with van der Waals surface area (Å²) in [7, 11) is -3.24. The third kappa shape index (κ3) is 34.6. The van der Waals surface area contributed by atoms with E-state index in [9.17, 15) is 13.2 Å². The van der Waals surface area contributed by atoms with Gasteiger partial charge in [0.25, 0.3) is 0 Å². The number of aliphatic carboxylic acids is 1. The predicted molar refractivity (Wildman–Crippen MR) is 205 cm³/mol. The summed E-state index contributed by atoms with van der Waals surface area (Å²) in [6.07, 6.45) is 31.8. The lowest BCUT2D eigenvalue weighted by atomic mass is 10.1. The second-order valence-electron chi connectivity index (χ2n) is 13.0. The highest BCUT2D eigenvalue weighted by molar-refractivity contribution is 8.69. The Morgan fingerprint density at radius 1 is 0.551 bits per heavy atom. The molecule has 2 N–H and O–H groups in total. The third-order valence-electron chi connectivity index (χ3n) is 8.49. The number of carboxylic acids is 1. The smallest absolute Gasteiger partial charge is 0.328 e. The average molecular weight is 729 g/mol. The van der Waals surface area contributed by atoms with Gasteiger partial charge in [-0.25, -0.2) is 4.79 Å². The van der Waals surface area contributed by atoms with Crippen LogP contribution in [0.4, 0.5) is 0 Å². The number of carboxylic acid groups (broad SMARTS) is 1. The molecular weight excluding hydrogens is 661 g/mol. The SMILES string of the molecule is O=C(O)/C=C/c1ccc(OCCCCCCCCCCOCCCCCCCCCCOCCCCCCCCCCSS(=O)(=O)O)cc1. The van der Waals surface area contributed by atoms with E-state index in [4.69, 9.17) is 23.9 Å². The molecule has 49 heavy (non-hydrogen) atoms. The van der Waals surface area contributed by atoms with Crippen LogP contribution in [0, 0.1) is 0 Å². The van der Waals surface area contributed by atoms with Gasteiger partial charge in [0.05, 0.1) is 6.61 Å². The van der Waals surface area contributed by atoms with Gasteiger partial charge in [-0.3, -0.25) is 4.55 Å². The van der Waals surface area contributed by atoms with E-state index in [1.807, 2.05) is 24.3 Å². The molecule has 0 aliphatic carbocycles. The molecule has 1 aromatic rings. The van der Waals surface area contributed by atoms with E-state index in [1.54, 1.807) is 6.08 Å². The summed E-state index contributed by atoms with van der Waals surface area (Å²) in [5.74, 6) is 0.367. The number of hydrogen-bond acceptors (Lipinski definition) is 7. The Balaban J connectivity index is 1.68. The Hall–Kier alpha value is -1.59. The Kier molecular flexibility index (Phi) is 31.1. The minimum absolute atomic E-state index is 0.482. The van der Waals surface area contributed by atoms with Crippen molar-refractivity contribution in [3.05, 3.63) is 35.9 Å². The Morgan fingerprint density at radius 2 is 0.898 bits per heavy atom. The van der Waals surface area contributed by atoms with Gasteiger partial charge in [-0.15, -0.1) is 0 Å². The number of benzene rings is 1. The van der Waals surface area contributed by atoms with Gasteiger partial charge in [0.1, 0.15) is 5.75 Å². The molecule has 0 aliphatic rings. The van der Waals surface area contributed by atoms with Gasteiger partial charge < -0.3 is 19.3 Å². The molecular formula is C39H68O8S2. The van der Waals surface area contributed by atoms with Crippen LogP contribution in [0.25, 0.3) is 6.08 Å². The molecule has 0 aliphatic heterocycles. The highest BCUT2D eigenvalue weighted by Gasteiger charge is 2.04. The van der Waals surface area contributed by atoms with Gasteiger partial charge in [-0.05, 0) is 73.1 Å². The standard InChI is InChI=1S/C39H68O8S2/c40-39(41)30-27-37-25-28-38(29-26-37)47-35-23-17-11-4-3-9-15-21-33-45-31-19-13-7-1-2-8-14-20-32-46-34-22-16-10-5-6-12-18-24-36-48-49(42,43)44/h25-30H,1-24,31-36H2,(H,40,41)(H,42,43,44)/b30-27+. The van der Waals surface area contributed by atoms with E-state index >= 15 is 0 Å². The van der Waals surface area contributed by atoms with Crippen molar-refractivity contribution in [2.24, 2.45) is 0 Å². The van der Waals surface area contributed by atoms with Crippen LogP contribution >= 0.6 is 10.8 Å². The molecule has 1 rings (SSSR count). The lowest BCUT2D eigenvalue weighted by molar-refractivity contribution is -0.131. The largest absolute Gasteiger partial charge is 0.494 e. The zero-order valence-electron chi connectivity index (χ0n) is 30.3. The zero-order valence-corrected chi connectivity index (χ0v) is 32.0. The Labute approximate surface area is 302 Å². The van der Waals surface area contributed by atoms with Crippen molar-refractivity contribution in [1.29, 1.82) is 0 Å². The first-order valence-corrected chi connectivity index (χ1v) is 22.2. The van der Waals surface area contributed by atoms with Gasteiger partial charge in [-0.1, -0.05) is 128 Å². The van der Waals surface area contributed by atoms with Crippen molar-refractivity contribution < 1.29 is 37.1 Å². The van der Waals surface area contributed by atoms with E-state index in [2.05, 4.69) is 0 Å². The van der Waals surface area contributed by atoms with Crippen molar-refractivity contribution in [2.45, 2.75) is 154 Å². The molecule has 0 heterocycles. The first kappa shape index (κ1) is 45.4. The molecule has 0 spiro atoms. The molecule has 0 aromatic heterocycles. The number of ether oxygens (including phenoxy) is 3. The maximum atomic E-state index is 10.6. The molecule has 0 amide bonds. The number of hydrogen-bond donors (Lipinski definition) is 2. The average Bonchev–Trinajstić information content (AvgIpc) is 3.07. The maximum Gasteiger partial charge on any atom is 0.328 e. The van der Waals surface area contributed by atoms with Crippen LogP contribution in [0.15, 0.2) is 30.3 Å². The summed E-state index contributed by atoms with van der Waals surface area (Å²) in [6, 6.07) is 7.50. The molecule has 0 bridgehead atoms. The Morgan fingerprint density at radius 3 is 1.27 bits per heavy atom. The second kappa shape index (κ2) is 33.5. The van der Waals surface area contributed by atoms with Crippen molar-refractivity contribution in [3.63, 3.8) is 0 Å². The second-order valence-corrected chi connectivity index (χ2v) is 16.5. The number of unbranched alkanes of at least 4 members (excludes halogenated alkanes) is 21. The van der Waals surface area contributed by atoms with E-state index in [0.29, 0.717) is 16.5 Å². The van der Waals surface area contributed by atoms with Crippen molar-refractivity contribution in [1.82, 2.24) is 0 Å². The van der Waals surface area contributed by atoms with Gasteiger partial charge in [0, 0.05) is 38.3 Å². The summed E-state index contributed by atoms with van der Waals surface area (Å²) in [6.45, 7) is 4.31. The quantitative estimate of drug-likeness (QED) is 0.0298. The van der Waals surface area contributed by atoms with Gasteiger partial charge in [0.15, 0.2) is 0 Å². The molecule has 284 valence electrons. The molecule has 0 unspecified atom stereocenters. The molecule has 0 fully saturated rings. The summed E-state index contributed by atoms with van der Waals surface area (Å²) in [5, 5.41) is 8.69. The first-order chi connectivity index (χ1) is 23.9.